The predicted octanol–water partition coefficient (Wildman–Crippen LogP) is 3.37. The highest BCUT2D eigenvalue weighted by atomic mass is 127. The van der Waals surface area contributed by atoms with Crippen molar-refractivity contribution in [1.82, 2.24) is 20.3 Å². The van der Waals surface area contributed by atoms with Gasteiger partial charge in [-0.05, 0) is 91.4 Å². The topological polar surface area (TPSA) is 262 Å². The summed E-state index contributed by atoms with van der Waals surface area (Å²) in [7, 11) is 1.31. The minimum atomic E-state index is -1.07. The van der Waals surface area contributed by atoms with E-state index < -0.39 is 35.8 Å². The van der Waals surface area contributed by atoms with Crippen LogP contribution in [0.5, 0.6) is 0 Å². The number of aromatic nitrogens is 3. The van der Waals surface area contributed by atoms with E-state index in [1.54, 1.807) is 19.9 Å². The van der Waals surface area contributed by atoms with Crippen LogP contribution in [-0.2, 0) is 23.8 Å². The fourth-order valence-corrected chi connectivity index (χ4v) is 3.87. The van der Waals surface area contributed by atoms with Gasteiger partial charge in [-0.1, -0.05) is 13.2 Å². The monoisotopic (exact) mass is 791 g/mol. The first-order valence-corrected chi connectivity index (χ1v) is 15.4. The zero-order valence-electron chi connectivity index (χ0n) is 27.1. The van der Waals surface area contributed by atoms with Crippen LogP contribution in [0.15, 0.2) is 49.6 Å². The molecule has 0 radical (unpaired) electrons. The van der Waals surface area contributed by atoms with Crippen molar-refractivity contribution in [3.63, 3.8) is 0 Å². The molecule has 3 heterocycles. The first kappa shape index (κ1) is 41.4. The molecule has 8 N–H and O–H groups in total. The van der Waals surface area contributed by atoms with Gasteiger partial charge in [-0.2, -0.15) is 0 Å². The highest BCUT2D eigenvalue weighted by Crippen LogP contribution is 2.14. The van der Waals surface area contributed by atoms with Gasteiger partial charge in [0.15, 0.2) is 0 Å². The number of carbonyl (C=O) groups excluding carboxylic acids is 4. The molecule has 0 aromatic carbocycles. The Hall–Kier alpha value is -5.59. The molecule has 17 heteroatoms. The Morgan fingerprint density at radius 3 is 1.84 bits per heavy atom. The molecule has 0 unspecified atom stereocenters. The average molecular weight is 792 g/mol. The summed E-state index contributed by atoms with van der Waals surface area (Å²) in [6, 6.07) is 7.98. The number of carbonyl (C=O) groups is 5. The lowest BCUT2D eigenvalue weighted by atomic mass is 10.1. The number of ether oxygens (including phenoxy) is 3. The number of halogens is 1. The Morgan fingerprint density at radius 2 is 1.35 bits per heavy atom. The number of nitrogens with zero attached hydrogens (tertiary/aromatic N) is 3. The summed E-state index contributed by atoms with van der Waals surface area (Å²) in [6.07, 6.45) is 2.88. The molecule has 3 rings (SSSR count). The second-order valence-electron chi connectivity index (χ2n) is 9.25. The molecule has 0 saturated carbocycles. The first-order valence-electron chi connectivity index (χ1n) is 14.4. The maximum Gasteiger partial charge on any atom is 0.356 e. The molecule has 49 heavy (non-hydrogen) atoms. The third-order valence-electron chi connectivity index (χ3n) is 5.84. The summed E-state index contributed by atoms with van der Waals surface area (Å²) < 4.78 is 14.9. The van der Waals surface area contributed by atoms with Crippen molar-refractivity contribution in [2.75, 3.05) is 37.5 Å². The summed E-state index contributed by atoms with van der Waals surface area (Å²) in [5.74, 6) is -3.18. The van der Waals surface area contributed by atoms with Gasteiger partial charge in [0.2, 0.25) is 0 Å². The summed E-state index contributed by atoms with van der Waals surface area (Å²) in [4.78, 5) is 69.0. The Kier molecular flexibility index (Phi) is 18.0. The third kappa shape index (κ3) is 14.0. The summed E-state index contributed by atoms with van der Waals surface area (Å²) in [6.45, 7) is 10.8. The molecule has 0 aliphatic rings. The molecular formula is C32H38IN7O9. The van der Waals surface area contributed by atoms with Crippen molar-refractivity contribution in [2.24, 2.45) is 0 Å². The van der Waals surface area contributed by atoms with E-state index >= 15 is 0 Å². The number of amides is 1. The quantitative estimate of drug-likeness (QED) is 0.0762. The molecule has 3 aromatic rings. The normalized spacial score (nSPS) is 10.4. The van der Waals surface area contributed by atoms with Crippen molar-refractivity contribution in [1.29, 1.82) is 0 Å². The van der Waals surface area contributed by atoms with Gasteiger partial charge in [-0.15, -0.1) is 0 Å². The van der Waals surface area contributed by atoms with Crippen molar-refractivity contribution in [2.45, 2.75) is 32.7 Å². The number of carboxylic acids is 1. The standard InChI is InChI=1S/C17H23N3O5.C8H8N2O2.C7H7IN2O2/c1-4-12-11(18)7-8-13(19-12)16(22)20-14(17(23)25-6-3)9-10-15(21)24-5-2;1-2-6-5(9)3-4-7(10-6)8(11)12;1-12-7(11)5-3-2-4(9)6(8)10-5/h4,7-8,14H,1,5-6,9-10,18H2,2-3H3,(H,20,22);2-4H,1,9H2,(H,11,12);2-3H,9H2,1H3/t14-;;/m0../s1. The Balaban J connectivity index is 0.000000414. The van der Waals surface area contributed by atoms with Gasteiger partial charge in [0.05, 0.1) is 48.8 Å². The average Bonchev–Trinajstić information content (AvgIpc) is 3.08. The van der Waals surface area contributed by atoms with Crippen LogP contribution in [0.25, 0.3) is 12.2 Å². The lowest BCUT2D eigenvalue weighted by Gasteiger charge is -2.17. The molecule has 0 aliphatic heterocycles. The summed E-state index contributed by atoms with van der Waals surface area (Å²) >= 11 is 1.96. The Morgan fingerprint density at radius 1 is 0.837 bits per heavy atom. The Bertz CT molecular complexity index is 1670. The lowest BCUT2D eigenvalue weighted by molar-refractivity contribution is -0.146. The third-order valence-corrected chi connectivity index (χ3v) is 6.71. The second-order valence-corrected chi connectivity index (χ2v) is 10.3. The molecular weight excluding hydrogens is 753 g/mol. The van der Waals surface area contributed by atoms with Gasteiger partial charge < -0.3 is 41.8 Å². The molecule has 262 valence electrons. The van der Waals surface area contributed by atoms with E-state index in [2.05, 4.69) is 38.2 Å². The number of pyridine rings is 3. The van der Waals surface area contributed by atoms with E-state index in [1.807, 2.05) is 22.6 Å². The van der Waals surface area contributed by atoms with Crippen LogP contribution >= 0.6 is 22.6 Å². The number of aromatic carboxylic acids is 1. The molecule has 0 spiro atoms. The smallest absolute Gasteiger partial charge is 0.356 e. The largest absolute Gasteiger partial charge is 0.477 e. The van der Waals surface area contributed by atoms with E-state index in [4.69, 9.17) is 31.8 Å². The predicted molar refractivity (Wildman–Crippen MR) is 191 cm³/mol. The van der Waals surface area contributed by atoms with Crippen molar-refractivity contribution in [3.8, 4) is 0 Å². The number of carboxylic acid groups (broad SMARTS) is 1. The number of anilines is 3. The van der Waals surface area contributed by atoms with E-state index in [0.717, 1.165) is 0 Å². The van der Waals surface area contributed by atoms with Crippen LogP contribution in [0.4, 0.5) is 17.1 Å². The zero-order valence-corrected chi connectivity index (χ0v) is 29.3. The number of nitrogens with one attached hydrogen (secondary N) is 1. The van der Waals surface area contributed by atoms with Gasteiger partial charge in [-0.3, -0.25) is 9.59 Å². The molecule has 0 fully saturated rings. The van der Waals surface area contributed by atoms with E-state index in [9.17, 15) is 24.0 Å². The van der Waals surface area contributed by atoms with E-state index in [1.165, 1.54) is 49.6 Å². The van der Waals surface area contributed by atoms with E-state index in [0.29, 0.717) is 32.2 Å². The highest BCUT2D eigenvalue weighted by Gasteiger charge is 2.24. The van der Waals surface area contributed by atoms with Crippen LogP contribution in [0.2, 0.25) is 0 Å². The first-order chi connectivity index (χ1) is 23.2. The molecule has 1 amide bonds. The van der Waals surface area contributed by atoms with Crippen LogP contribution in [0.1, 0.15) is 69.5 Å². The van der Waals surface area contributed by atoms with Gasteiger partial charge >= 0.3 is 23.9 Å². The van der Waals surface area contributed by atoms with Crippen molar-refractivity contribution in [3.05, 3.63) is 81.7 Å². The number of esters is 3. The Labute approximate surface area is 296 Å². The van der Waals surface area contributed by atoms with Crippen LogP contribution in [0.3, 0.4) is 0 Å². The van der Waals surface area contributed by atoms with Gasteiger partial charge in [-0.25, -0.2) is 29.3 Å². The zero-order chi connectivity index (χ0) is 37.1. The SMILES string of the molecule is C=Cc1nc(C(=O)N[C@@H](CCC(=O)OCC)C(=O)OCC)ccc1N.C=Cc1nc(C(=O)O)ccc1N.COC(=O)c1ccc(N)c(I)n1. The minimum Gasteiger partial charge on any atom is -0.477 e. The number of nitrogen functional groups attached to an aromatic ring is 3. The molecule has 0 saturated heterocycles. The van der Waals surface area contributed by atoms with Crippen molar-refractivity contribution < 1.29 is 43.3 Å². The molecule has 16 nitrogen and oxygen atoms in total. The fraction of sp³-hybridized carbons (Fsp3) is 0.250. The number of methoxy groups -OCH3 is 1. The van der Waals surface area contributed by atoms with E-state index in [-0.39, 0.29) is 43.1 Å². The number of hydrogen-bond donors (Lipinski definition) is 5. The summed E-state index contributed by atoms with van der Waals surface area (Å²) in [5, 5.41) is 11.1. The fourth-order valence-electron chi connectivity index (χ4n) is 3.43. The highest BCUT2D eigenvalue weighted by molar-refractivity contribution is 14.1. The number of hydrogen-bond acceptors (Lipinski definition) is 14. The van der Waals surface area contributed by atoms with Gasteiger partial charge in [0.1, 0.15) is 26.8 Å². The maximum absolute atomic E-state index is 12.3. The number of rotatable bonds is 12. The van der Waals surface area contributed by atoms with Crippen LogP contribution in [0, 0.1) is 3.70 Å². The minimum absolute atomic E-state index is 0.0231. The molecule has 1 atom stereocenters. The van der Waals surface area contributed by atoms with Crippen LogP contribution < -0.4 is 22.5 Å². The summed E-state index contributed by atoms with van der Waals surface area (Å²) in [5.41, 5.74) is 19.1. The van der Waals surface area contributed by atoms with Gasteiger partial charge in [0.25, 0.3) is 5.91 Å². The van der Waals surface area contributed by atoms with Crippen molar-refractivity contribution >= 4 is 81.6 Å². The molecule has 3 aromatic heterocycles. The van der Waals surface area contributed by atoms with Gasteiger partial charge in [0, 0.05) is 6.42 Å². The molecule has 0 aliphatic carbocycles. The van der Waals surface area contributed by atoms with Crippen LogP contribution in [-0.4, -0.2) is 76.2 Å². The second kappa shape index (κ2) is 21.3. The maximum atomic E-state index is 12.3. The molecule has 0 bridgehead atoms. The lowest BCUT2D eigenvalue weighted by Crippen LogP contribution is -2.42. The number of nitrogens with two attached hydrogens (primary N) is 3.